The number of ether oxygens (including phenoxy) is 4. The van der Waals surface area contributed by atoms with Crippen molar-refractivity contribution in [3.8, 4) is 0 Å². The van der Waals surface area contributed by atoms with Crippen molar-refractivity contribution in [2.24, 2.45) is 0 Å². The summed E-state index contributed by atoms with van der Waals surface area (Å²) in [5.41, 5.74) is 2.41. The molecule has 2 amide bonds. The molecule has 0 aliphatic rings. The van der Waals surface area contributed by atoms with Crippen LogP contribution in [0.4, 0.5) is 0 Å². The van der Waals surface area contributed by atoms with E-state index in [2.05, 4.69) is 71.3 Å². The quantitative estimate of drug-likeness (QED) is 0.0316. The van der Waals surface area contributed by atoms with E-state index in [1.165, 1.54) is 93.5 Å². The summed E-state index contributed by atoms with van der Waals surface area (Å²) in [6, 6.07) is 26.9. The van der Waals surface area contributed by atoms with Crippen molar-refractivity contribution in [2.45, 2.75) is 232 Å². The van der Waals surface area contributed by atoms with E-state index < -0.39 is 41.2 Å². The zero-order chi connectivity index (χ0) is 55.3. The molecule has 2 atom stereocenters. The first-order valence-electron chi connectivity index (χ1n) is 28.6. The van der Waals surface area contributed by atoms with Crippen molar-refractivity contribution >= 4 is 47.5 Å². The maximum absolute atomic E-state index is 13.2. The summed E-state index contributed by atoms with van der Waals surface area (Å²) in [5, 5.41) is 5.63. The van der Waals surface area contributed by atoms with E-state index >= 15 is 0 Å². The highest BCUT2D eigenvalue weighted by Crippen LogP contribution is 2.18. The monoisotopic (exact) mass is 1070 g/mol. The van der Waals surface area contributed by atoms with E-state index in [4.69, 9.17) is 18.9 Å². The van der Waals surface area contributed by atoms with Crippen LogP contribution in [0.5, 0.6) is 0 Å². The summed E-state index contributed by atoms with van der Waals surface area (Å²) < 4.78 is 22.4. The van der Waals surface area contributed by atoms with Crippen LogP contribution in [-0.4, -0.2) is 77.2 Å². The van der Waals surface area contributed by atoms with Gasteiger partial charge in [0, 0.05) is 49.3 Å². The Balaban J connectivity index is 1.37. The number of unbranched alkanes of at least 4 members (excludes halogenated alkanes) is 16. The Morgan fingerprint density at radius 3 is 1.47 bits per heavy atom. The fraction of sp³-hybridized carbons (Fsp3) is 0.619. The molecule has 0 spiro atoms. The minimum absolute atomic E-state index is 0.00597. The summed E-state index contributed by atoms with van der Waals surface area (Å²) >= 11 is 1.47. The number of hydrogen-bond acceptors (Lipinski definition) is 11. The Kier molecular flexibility index (Phi) is 32.9. The van der Waals surface area contributed by atoms with Gasteiger partial charge in [-0.2, -0.15) is 11.8 Å². The molecule has 0 fully saturated rings. The smallest absolute Gasteiger partial charge is 0.329 e. The summed E-state index contributed by atoms with van der Waals surface area (Å²) in [4.78, 5) is 77.3. The van der Waals surface area contributed by atoms with Crippen molar-refractivity contribution in [3.05, 3.63) is 107 Å². The number of aryl methyl sites for hydroxylation is 2. The van der Waals surface area contributed by atoms with Gasteiger partial charge in [0.05, 0.1) is 0 Å². The van der Waals surface area contributed by atoms with Crippen LogP contribution in [0.2, 0.25) is 0 Å². The van der Waals surface area contributed by atoms with E-state index in [-0.39, 0.29) is 50.3 Å². The zero-order valence-corrected chi connectivity index (χ0v) is 48.1. The highest BCUT2D eigenvalue weighted by Gasteiger charge is 2.29. The molecule has 0 heterocycles. The lowest BCUT2D eigenvalue weighted by Gasteiger charge is -2.25. The molecule has 0 saturated heterocycles. The molecule has 76 heavy (non-hydrogen) atoms. The van der Waals surface area contributed by atoms with Crippen LogP contribution in [0.1, 0.15) is 216 Å². The van der Waals surface area contributed by atoms with Crippen LogP contribution in [0.25, 0.3) is 0 Å². The molecule has 2 N–H and O–H groups in total. The van der Waals surface area contributed by atoms with Crippen molar-refractivity contribution in [3.63, 3.8) is 0 Å². The van der Waals surface area contributed by atoms with E-state index in [9.17, 15) is 28.8 Å². The average Bonchev–Trinajstić information content (AvgIpc) is 3.37. The van der Waals surface area contributed by atoms with E-state index in [0.29, 0.717) is 29.9 Å². The van der Waals surface area contributed by atoms with E-state index in [1.54, 1.807) is 65.8 Å². The molecule has 422 valence electrons. The number of rotatable bonds is 40. The minimum atomic E-state index is -1.07. The van der Waals surface area contributed by atoms with Crippen molar-refractivity contribution < 1.29 is 47.7 Å². The third kappa shape index (κ3) is 33.8. The maximum atomic E-state index is 13.2. The fourth-order valence-electron chi connectivity index (χ4n) is 8.54. The Morgan fingerprint density at radius 2 is 0.974 bits per heavy atom. The van der Waals surface area contributed by atoms with Gasteiger partial charge < -0.3 is 29.6 Å². The third-order valence-electron chi connectivity index (χ3n) is 12.6. The van der Waals surface area contributed by atoms with Gasteiger partial charge in [-0.3, -0.25) is 24.0 Å². The summed E-state index contributed by atoms with van der Waals surface area (Å²) in [7, 11) is 0. The molecule has 0 radical (unpaired) electrons. The predicted octanol–water partition coefficient (Wildman–Crippen LogP) is 13.7. The lowest BCUT2D eigenvalue weighted by Crippen LogP contribution is -2.44. The van der Waals surface area contributed by atoms with Crippen LogP contribution < -0.4 is 10.6 Å². The standard InChI is InChI=1S/C63H94N2O10S/c1-62(2,3)74-59(69)44-43-55(61(71)75-63(4,5)6)65-60(70)53-41-39-52(40-42-53)47-64-56(66)45-46-76-49-54(73-58(68)38-30-20-16-12-8-10-14-18-24-32-51-35-27-22-28-36-51)48-72-57(67)37-29-19-15-11-7-9-13-17-23-31-50-33-25-21-26-34-50/h21-22,25-28,33-36,39-42,54-55H,7-20,23-24,29-32,37-38,43-49H2,1-6H3,(H,64,66)(H,65,70)/t54?,55-/m0/s1. The first-order valence-corrected chi connectivity index (χ1v) is 29.7. The van der Waals surface area contributed by atoms with E-state index in [1.807, 2.05) is 0 Å². The molecular weight excluding hydrogens is 977 g/mol. The number of thioether (sulfide) groups is 1. The highest BCUT2D eigenvalue weighted by molar-refractivity contribution is 7.99. The van der Waals surface area contributed by atoms with Crippen LogP contribution in [0.15, 0.2) is 84.9 Å². The second-order valence-corrected chi connectivity index (χ2v) is 23.3. The second kappa shape index (κ2) is 38.4. The molecule has 0 aliphatic heterocycles. The Morgan fingerprint density at radius 1 is 0.500 bits per heavy atom. The molecule has 3 aromatic carbocycles. The SMILES string of the molecule is CC(C)(C)OC(=O)CC[C@H](NC(=O)c1ccc(CNC(=O)CCSCC(COC(=O)CCCCCCCCCCCc2ccccc2)OC(=O)CCCCCCCCCCCc2ccccc2)cc1)C(=O)OC(C)(C)C. The average molecular weight is 1070 g/mol. The molecule has 0 aromatic heterocycles. The van der Waals surface area contributed by atoms with Gasteiger partial charge in [0.15, 0.2) is 0 Å². The van der Waals surface area contributed by atoms with Gasteiger partial charge in [-0.1, -0.05) is 163 Å². The van der Waals surface area contributed by atoms with Gasteiger partial charge >= 0.3 is 23.9 Å². The molecule has 0 saturated carbocycles. The largest absolute Gasteiger partial charge is 0.462 e. The molecule has 1 unspecified atom stereocenters. The molecule has 0 aliphatic carbocycles. The minimum Gasteiger partial charge on any atom is -0.462 e. The van der Waals surface area contributed by atoms with Crippen LogP contribution in [0, 0.1) is 0 Å². The lowest BCUT2D eigenvalue weighted by atomic mass is 10.0. The zero-order valence-electron chi connectivity index (χ0n) is 47.2. The number of carbonyl (C=O) groups excluding carboxylic acids is 6. The number of esters is 4. The van der Waals surface area contributed by atoms with E-state index in [0.717, 1.165) is 63.4 Å². The van der Waals surface area contributed by atoms with Crippen molar-refractivity contribution in [1.82, 2.24) is 10.6 Å². The number of carbonyl (C=O) groups is 6. The van der Waals surface area contributed by atoms with Crippen molar-refractivity contribution in [1.29, 1.82) is 0 Å². The molecule has 0 bridgehead atoms. The van der Waals surface area contributed by atoms with Gasteiger partial charge in [0.25, 0.3) is 5.91 Å². The summed E-state index contributed by atoms with van der Waals surface area (Å²) in [6.45, 7) is 10.7. The Labute approximate surface area is 461 Å². The maximum Gasteiger partial charge on any atom is 0.329 e. The number of nitrogens with one attached hydrogen (secondary N) is 2. The first-order chi connectivity index (χ1) is 36.5. The second-order valence-electron chi connectivity index (χ2n) is 22.1. The molecule has 12 nitrogen and oxygen atoms in total. The molecular formula is C63H94N2O10S. The number of hydrogen-bond donors (Lipinski definition) is 2. The number of benzene rings is 3. The Hall–Kier alpha value is -5.17. The normalized spacial score (nSPS) is 12.3. The van der Waals surface area contributed by atoms with Gasteiger partial charge in [-0.05, 0) is 115 Å². The van der Waals surface area contributed by atoms with Crippen LogP contribution in [0.3, 0.4) is 0 Å². The van der Waals surface area contributed by atoms with Gasteiger partial charge in [-0.15, -0.1) is 0 Å². The summed E-state index contributed by atoms with van der Waals surface area (Å²) in [5.74, 6) is -1.52. The molecule has 13 heteroatoms. The Bertz CT molecular complexity index is 2090. The van der Waals surface area contributed by atoms with Gasteiger partial charge in [-0.25, -0.2) is 4.79 Å². The number of amides is 2. The van der Waals surface area contributed by atoms with Crippen molar-refractivity contribution in [2.75, 3.05) is 18.1 Å². The third-order valence-corrected chi connectivity index (χ3v) is 13.7. The molecule has 3 aromatic rings. The topological polar surface area (TPSA) is 163 Å². The van der Waals surface area contributed by atoms with Gasteiger partial charge in [0.1, 0.15) is 30.0 Å². The first kappa shape index (κ1) is 65.1. The summed E-state index contributed by atoms with van der Waals surface area (Å²) in [6.07, 6.45) is 22.9. The molecule has 3 rings (SSSR count). The lowest BCUT2D eigenvalue weighted by molar-refractivity contribution is -0.158. The van der Waals surface area contributed by atoms with Crippen LogP contribution >= 0.6 is 11.8 Å². The van der Waals surface area contributed by atoms with Crippen LogP contribution in [-0.2, 0) is 62.3 Å². The van der Waals surface area contributed by atoms with Gasteiger partial charge in [0.2, 0.25) is 5.91 Å². The highest BCUT2D eigenvalue weighted by atomic mass is 32.2. The fourth-order valence-corrected chi connectivity index (χ4v) is 9.46. The predicted molar refractivity (Wildman–Crippen MR) is 306 cm³/mol.